The zero-order valence-corrected chi connectivity index (χ0v) is 4.28. The number of nitrogens with one attached hydrogen (secondary N) is 1. The number of fused-ring (bicyclic) bond motifs is 1. The normalized spacial score (nSPS) is 50.6. The van der Waals surface area contributed by atoms with Crippen molar-refractivity contribution in [2.75, 3.05) is 0 Å². The third-order valence-corrected chi connectivity index (χ3v) is 1.88. The molecule has 0 unspecified atom stereocenters. The van der Waals surface area contributed by atoms with Crippen molar-refractivity contribution in [3.63, 3.8) is 0 Å². The van der Waals surface area contributed by atoms with E-state index >= 15 is 0 Å². The van der Waals surface area contributed by atoms with E-state index in [0.717, 1.165) is 0 Å². The summed E-state index contributed by atoms with van der Waals surface area (Å²) in [5.41, 5.74) is -1.45. The maximum absolute atomic E-state index is 12.7. The van der Waals surface area contributed by atoms with Crippen LogP contribution in [0.1, 0.15) is 12.8 Å². The van der Waals surface area contributed by atoms with Crippen molar-refractivity contribution in [3.8, 4) is 0 Å². The van der Waals surface area contributed by atoms with Crippen LogP contribution in [-0.2, 0) is 4.79 Å². The zero-order chi connectivity index (χ0) is 5.78. The van der Waals surface area contributed by atoms with E-state index in [-0.39, 0.29) is 6.04 Å². The van der Waals surface area contributed by atoms with Crippen LogP contribution >= 0.6 is 0 Å². The van der Waals surface area contributed by atoms with E-state index in [1.807, 2.05) is 0 Å². The van der Waals surface area contributed by atoms with E-state index in [2.05, 4.69) is 5.32 Å². The van der Waals surface area contributed by atoms with Crippen molar-refractivity contribution in [1.82, 2.24) is 5.32 Å². The van der Waals surface area contributed by atoms with Crippen LogP contribution in [-0.4, -0.2) is 17.6 Å². The van der Waals surface area contributed by atoms with Crippen molar-refractivity contribution < 1.29 is 9.18 Å². The molecule has 3 heteroatoms. The van der Waals surface area contributed by atoms with Crippen molar-refractivity contribution >= 4 is 5.91 Å². The molecule has 0 aromatic rings. The van der Waals surface area contributed by atoms with Gasteiger partial charge >= 0.3 is 0 Å². The fourth-order valence-corrected chi connectivity index (χ4v) is 1.32. The second-order valence-corrected chi connectivity index (χ2v) is 2.54. The van der Waals surface area contributed by atoms with Gasteiger partial charge in [-0.05, 0) is 0 Å². The lowest BCUT2D eigenvalue weighted by Gasteiger charge is -2.24. The molecule has 2 aliphatic heterocycles. The van der Waals surface area contributed by atoms with Gasteiger partial charge in [-0.25, -0.2) is 4.39 Å². The Balaban J connectivity index is 2.33. The lowest BCUT2D eigenvalue weighted by Crippen LogP contribution is -2.37. The molecule has 8 heavy (non-hydrogen) atoms. The first-order chi connectivity index (χ1) is 3.71. The van der Waals surface area contributed by atoms with Crippen LogP contribution in [0.5, 0.6) is 0 Å². The number of alkyl halides is 1. The summed E-state index contributed by atoms with van der Waals surface area (Å²) in [6, 6.07) is 0.160. The minimum Gasteiger partial charge on any atom is -0.350 e. The lowest BCUT2D eigenvalue weighted by atomic mass is 9.83. The van der Waals surface area contributed by atoms with Crippen LogP contribution in [0.2, 0.25) is 0 Å². The van der Waals surface area contributed by atoms with Gasteiger partial charge in [0.15, 0.2) is 5.67 Å². The number of rotatable bonds is 0. The molecular formula is C5H6FNO. The highest BCUT2D eigenvalue weighted by Gasteiger charge is 2.58. The summed E-state index contributed by atoms with van der Waals surface area (Å²) >= 11 is 0. The van der Waals surface area contributed by atoms with Gasteiger partial charge in [0, 0.05) is 18.9 Å². The second-order valence-electron chi connectivity index (χ2n) is 2.54. The van der Waals surface area contributed by atoms with Gasteiger partial charge in [0.1, 0.15) is 0 Å². The minimum absolute atomic E-state index is 0.160. The van der Waals surface area contributed by atoms with Gasteiger partial charge in [0.2, 0.25) is 0 Å². The molecule has 3 aliphatic rings. The zero-order valence-electron chi connectivity index (χ0n) is 4.28. The van der Waals surface area contributed by atoms with Crippen LogP contribution in [0.25, 0.3) is 0 Å². The molecular weight excluding hydrogens is 109 g/mol. The summed E-state index contributed by atoms with van der Waals surface area (Å²) in [5.74, 6) is -0.400. The molecule has 2 nitrogen and oxygen atoms in total. The molecule has 0 radical (unpaired) electrons. The molecule has 3 fully saturated rings. The van der Waals surface area contributed by atoms with Crippen LogP contribution in [0, 0.1) is 0 Å². The first-order valence-electron chi connectivity index (χ1n) is 2.71. The lowest BCUT2D eigenvalue weighted by molar-refractivity contribution is -0.128. The van der Waals surface area contributed by atoms with E-state index in [1.165, 1.54) is 0 Å². The number of hydrogen-bond donors (Lipinski definition) is 1. The highest BCUT2D eigenvalue weighted by Crippen LogP contribution is 2.42. The van der Waals surface area contributed by atoms with Gasteiger partial charge in [-0.2, -0.15) is 0 Å². The maximum Gasteiger partial charge on any atom is 0.258 e. The molecule has 0 spiro atoms. The Bertz CT molecular complexity index is 151. The Labute approximate surface area is 46.1 Å². The number of carbonyl (C=O) groups is 1. The standard InChI is InChI=1S/C5H6FNO/c6-5-1-3(2-5)7-4(5)8/h3H,1-2H2,(H,7,8). The monoisotopic (exact) mass is 115 g/mol. The fourth-order valence-electron chi connectivity index (χ4n) is 1.32. The van der Waals surface area contributed by atoms with Gasteiger partial charge < -0.3 is 5.32 Å². The molecule has 1 amide bonds. The predicted octanol–water partition coefficient (Wildman–Crippen LogP) is -0.0131. The molecule has 0 aromatic carbocycles. The molecule has 1 aliphatic carbocycles. The number of halogens is 1. The molecule has 2 bridgehead atoms. The van der Waals surface area contributed by atoms with E-state index < -0.39 is 11.6 Å². The smallest absolute Gasteiger partial charge is 0.258 e. The van der Waals surface area contributed by atoms with E-state index in [0.29, 0.717) is 12.8 Å². The summed E-state index contributed by atoms with van der Waals surface area (Å²) in [6.45, 7) is 0. The third kappa shape index (κ3) is 0.278. The number of hydrogen-bond acceptors (Lipinski definition) is 1. The average Bonchev–Trinajstić information content (AvgIpc) is 1.90. The molecule has 2 saturated heterocycles. The highest BCUT2D eigenvalue weighted by atomic mass is 19.1. The van der Waals surface area contributed by atoms with E-state index in [4.69, 9.17) is 0 Å². The number of carbonyl (C=O) groups excluding carboxylic acids is 1. The molecule has 3 rings (SSSR count). The van der Waals surface area contributed by atoms with E-state index in [9.17, 15) is 9.18 Å². The third-order valence-electron chi connectivity index (χ3n) is 1.88. The quantitative estimate of drug-likeness (QED) is 0.472. The Morgan fingerprint density at radius 2 is 2.38 bits per heavy atom. The van der Waals surface area contributed by atoms with Gasteiger partial charge in [0.25, 0.3) is 5.91 Å². The molecule has 1 saturated carbocycles. The molecule has 2 heterocycles. The van der Waals surface area contributed by atoms with Crippen molar-refractivity contribution in [3.05, 3.63) is 0 Å². The first kappa shape index (κ1) is 4.30. The first-order valence-corrected chi connectivity index (χ1v) is 2.71. The number of amides is 1. The summed E-state index contributed by atoms with van der Waals surface area (Å²) in [4.78, 5) is 10.5. The topological polar surface area (TPSA) is 29.1 Å². The van der Waals surface area contributed by atoms with Crippen LogP contribution in [0.3, 0.4) is 0 Å². The Morgan fingerprint density at radius 3 is 2.50 bits per heavy atom. The molecule has 0 aromatic heterocycles. The summed E-state index contributed by atoms with van der Waals surface area (Å²) in [7, 11) is 0. The van der Waals surface area contributed by atoms with Crippen molar-refractivity contribution in [2.24, 2.45) is 0 Å². The summed E-state index contributed by atoms with van der Waals surface area (Å²) in [6.07, 6.45) is 0.817. The van der Waals surface area contributed by atoms with Gasteiger partial charge in [-0.1, -0.05) is 0 Å². The van der Waals surface area contributed by atoms with Crippen LogP contribution in [0.4, 0.5) is 4.39 Å². The van der Waals surface area contributed by atoms with E-state index in [1.54, 1.807) is 0 Å². The van der Waals surface area contributed by atoms with Gasteiger partial charge in [0.05, 0.1) is 0 Å². The fraction of sp³-hybridized carbons (Fsp3) is 0.800. The largest absolute Gasteiger partial charge is 0.350 e. The predicted molar refractivity (Wildman–Crippen MR) is 25.0 cm³/mol. The van der Waals surface area contributed by atoms with Crippen LogP contribution in [0.15, 0.2) is 0 Å². The second kappa shape index (κ2) is 0.900. The Hall–Kier alpha value is -0.600. The summed E-state index contributed by atoms with van der Waals surface area (Å²) in [5, 5.41) is 2.52. The Morgan fingerprint density at radius 1 is 1.75 bits per heavy atom. The summed E-state index contributed by atoms with van der Waals surface area (Å²) < 4.78 is 12.7. The maximum atomic E-state index is 12.7. The molecule has 44 valence electrons. The van der Waals surface area contributed by atoms with Crippen LogP contribution < -0.4 is 5.32 Å². The SMILES string of the molecule is O=C1NC2CC1(F)C2. The van der Waals surface area contributed by atoms with Crippen molar-refractivity contribution in [2.45, 2.75) is 24.6 Å². The van der Waals surface area contributed by atoms with Gasteiger partial charge in [-0.3, -0.25) is 4.79 Å². The Kier molecular flexibility index (Phi) is 0.483. The minimum atomic E-state index is -1.45. The van der Waals surface area contributed by atoms with Gasteiger partial charge in [-0.15, -0.1) is 0 Å². The van der Waals surface area contributed by atoms with Crippen molar-refractivity contribution in [1.29, 1.82) is 0 Å². The average molecular weight is 115 g/mol. The molecule has 0 atom stereocenters. The highest BCUT2D eigenvalue weighted by molar-refractivity contribution is 5.91. The molecule has 1 N–H and O–H groups in total.